The Hall–Kier alpha value is -1.89. The Morgan fingerprint density at radius 2 is 1.93 bits per heavy atom. The first-order valence-corrected chi connectivity index (χ1v) is 5.02. The van der Waals surface area contributed by atoms with Gasteiger partial charge in [0.2, 0.25) is 0 Å². The molecule has 0 N–H and O–H groups in total. The predicted octanol–water partition coefficient (Wildman–Crippen LogP) is 3.92. The number of allylic oxidation sites excluding steroid dienone is 4. The van der Waals surface area contributed by atoms with E-state index in [0.717, 1.165) is 23.4 Å². The monoisotopic (exact) mass is 195 g/mol. The molecule has 2 rings (SSSR count). The molecule has 0 aromatic heterocycles. The van der Waals surface area contributed by atoms with Gasteiger partial charge >= 0.3 is 0 Å². The smallest absolute Gasteiger partial charge is 0.0705 e. The van der Waals surface area contributed by atoms with E-state index in [1.54, 1.807) is 0 Å². The van der Waals surface area contributed by atoms with Crippen LogP contribution >= 0.6 is 0 Å². The fraction of sp³-hybridized carbons (Fsp3) is 0.0714. The highest BCUT2D eigenvalue weighted by atomic mass is 14.7. The van der Waals surface area contributed by atoms with Crippen molar-refractivity contribution < 1.29 is 0 Å². The van der Waals surface area contributed by atoms with Crippen molar-refractivity contribution in [3.05, 3.63) is 60.7 Å². The largest absolute Gasteiger partial charge is 0.253 e. The van der Waals surface area contributed by atoms with Crippen LogP contribution in [0.25, 0.3) is 6.08 Å². The molecule has 1 heterocycles. The number of aliphatic imine (C=N–C) groups is 1. The van der Waals surface area contributed by atoms with E-state index >= 15 is 0 Å². The van der Waals surface area contributed by atoms with Crippen LogP contribution in [0.15, 0.2) is 60.1 Å². The van der Waals surface area contributed by atoms with E-state index in [4.69, 9.17) is 0 Å². The molecule has 0 saturated heterocycles. The number of hydrogen-bond donors (Lipinski definition) is 0. The highest BCUT2D eigenvalue weighted by Crippen LogP contribution is 2.22. The van der Waals surface area contributed by atoms with E-state index in [1.807, 2.05) is 42.5 Å². The van der Waals surface area contributed by atoms with Crippen LogP contribution in [0, 0.1) is 0 Å². The first-order chi connectivity index (χ1) is 7.40. The second-order valence-corrected chi connectivity index (χ2v) is 3.37. The van der Waals surface area contributed by atoms with Crippen LogP contribution in [-0.4, -0.2) is 5.71 Å². The Labute approximate surface area is 90.2 Å². The van der Waals surface area contributed by atoms with E-state index in [-0.39, 0.29) is 0 Å². The van der Waals surface area contributed by atoms with E-state index in [9.17, 15) is 0 Å². The number of para-hydroxylation sites is 1. The predicted molar refractivity (Wildman–Crippen MR) is 66.5 cm³/mol. The maximum absolute atomic E-state index is 4.60. The molecule has 1 aromatic carbocycles. The van der Waals surface area contributed by atoms with Gasteiger partial charge in [0, 0.05) is 17.7 Å². The third-order valence-electron chi connectivity index (χ3n) is 2.23. The maximum atomic E-state index is 4.60. The number of hydrogen-bond acceptors (Lipinski definition) is 1. The lowest BCUT2D eigenvalue weighted by Crippen LogP contribution is -1.91. The van der Waals surface area contributed by atoms with E-state index in [1.165, 1.54) is 0 Å². The molecule has 1 aromatic rings. The van der Waals surface area contributed by atoms with Crippen LogP contribution < -0.4 is 0 Å². The second kappa shape index (κ2) is 4.56. The summed E-state index contributed by atoms with van der Waals surface area (Å²) >= 11 is 0. The minimum atomic E-state index is 0.804. The summed E-state index contributed by atoms with van der Waals surface area (Å²) < 4.78 is 0. The zero-order valence-electron chi connectivity index (χ0n) is 8.56. The minimum absolute atomic E-state index is 0.804. The van der Waals surface area contributed by atoms with Crippen LogP contribution in [0.4, 0.5) is 5.69 Å². The summed E-state index contributed by atoms with van der Waals surface area (Å²) in [6, 6.07) is 8.13. The molecule has 0 unspecified atom stereocenters. The lowest BCUT2D eigenvalue weighted by molar-refractivity contribution is 1.41. The summed E-state index contributed by atoms with van der Waals surface area (Å²) in [6.07, 6.45) is 10.8. The first kappa shape index (κ1) is 9.66. The van der Waals surface area contributed by atoms with Crippen LogP contribution in [0.2, 0.25) is 0 Å². The van der Waals surface area contributed by atoms with Crippen molar-refractivity contribution in [1.29, 1.82) is 0 Å². The summed E-state index contributed by atoms with van der Waals surface area (Å²) in [5, 5.41) is 0. The van der Waals surface area contributed by atoms with Gasteiger partial charge in [0.15, 0.2) is 0 Å². The molecule has 0 aliphatic carbocycles. The Kier molecular flexibility index (Phi) is 2.93. The maximum Gasteiger partial charge on any atom is 0.0705 e. The lowest BCUT2D eigenvalue weighted by atomic mass is 10.1. The third-order valence-corrected chi connectivity index (χ3v) is 2.23. The second-order valence-electron chi connectivity index (χ2n) is 3.37. The van der Waals surface area contributed by atoms with E-state index in [2.05, 4.69) is 23.7 Å². The Morgan fingerprint density at radius 1 is 1.13 bits per heavy atom. The summed E-state index contributed by atoms with van der Waals surface area (Å²) in [5.41, 5.74) is 3.22. The molecule has 0 bridgehead atoms. The normalized spacial score (nSPS) is 13.7. The Balaban J connectivity index is 2.46. The summed E-state index contributed by atoms with van der Waals surface area (Å²) in [4.78, 5) is 4.60. The summed E-state index contributed by atoms with van der Waals surface area (Å²) in [6.45, 7) is 3.73. The number of benzene rings is 1. The molecular weight excluding hydrogens is 182 g/mol. The molecule has 1 aliphatic heterocycles. The van der Waals surface area contributed by atoms with E-state index < -0.39 is 0 Å². The quantitative estimate of drug-likeness (QED) is 0.634. The molecule has 15 heavy (non-hydrogen) atoms. The molecule has 74 valence electrons. The van der Waals surface area contributed by atoms with Crippen molar-refractivity contribution in [3.8, 4) is 0 Å². The number of rotatable bonds is 2. The van der Waals surface area contributed by atoms with Crippen molar-refractivity contribution in [1.82, 2.24) is 0 Å². The van der Waals surface area contributed by atoms with Gasteiger partial charge in [-0.25, -0.2) is 0 Å². The van der Waals surface area contributed by atoms with Gasteiger partial charge in [-0.3, -0.25) is 4.99 Å². The average molecular weight is 195 g/mol. The molecule has 0 radical (unpaired) electrons. The third kappa shape index (κ3) is 2.32. The highest BCUT2D eigenvalue weighted by Gasteiger charge is 1.99. The van der Waals surface area contributed by atoms with Gasteiger partial charge in [-0.15, -0.1) is 6.58 Å². The van der Waals surface area contributed by atoms with Crippen molar-refractivity contribution in [2.45, 2.75) is 6.42 Å². The summed E-state index contributed by atoms with van der Waals surface area (Å²) in [7, 11) is 0. The Bertz CT molecular complexity index is 450. The minimum Gasteiger partial charge on any atom is -0.253 e. The fourth-order valence-electron chi connectivity index (χ4n) is 1.51. The van der Waals surface area contributed by atoms with Crippen LogP contribution in [-0.2, 0) is 0 Å². The SMILES string of the molecule is C=CCC1=Nc2ccccc2C=CC=C1. The first-order valence-electron chi connectivity index (χ1n) is 5.02. The van der Waals surface area contributed by atoms with E-state index in [0.29, 0.717) is 0 Å². The molecular formula is C14H13N. The van der Waals surface area contributed by atoms with Gasteiger partial charge in [0.1, 0.15) is 0 Å². The number of fused-ring (bicyclic) bond motifs is 1. The van der Waals surface area contributed by atoms with Crippen LogP contribution in [0.1, 0.15) is 12.0 Å². The fourth-order valence-corrected chi connectivity index (χ4v) is 1.51. The molecule has 0 spiro atoms. The average Bonchev–Trinajstić information content (AvgIpc) is 2.22. The molecule has 1 nitrogen and oxygen atoms in total. The lowest BCUT2D eigenvalue weighted by Gasteiger charge is -2.04. The van der Waals surface area contributed by atoms with Gasteiger partial charge in [0.25, 0.3) is 0 Å². The van der Waals surface area contributed by atoms with Crippen molar-refractivity contribution in [3.63, 3.8) is 0 Å². The molecule has 1 aliphatic rings. The van der Waals surface area contributed by atoms with Gasteiger partial charge in [-0.05, 0) is 12.1 Å². The zero-order chi connectivity index (χ0) is 10.5. The molecule has 0 saturated carbocycles. The number of nitrogens with zero attached hydrogens (tertiary/aromatic N) is 1. The molecule has 0 atom stereocenters. The topological polar surface area (TPSA) is 12.4 Å². The van der Waals surface area contributed by atoms with Gasteiger partial charge in [0.05, 0.1) is 5.69 Å². The Morgan fingerprint density at radius 3 is 2.80 bits per heavy atom. The van der Waals surface area contributed by atoms with Gasteiger partial charge < -0.3 is 0 Å². The zero-order valence-corrected chi connectivity index (χ0v) is 8.56. The molecule has 0 fully saturated rings. The van der Waals surface area contributed by atoms with Crippen molar-refractivity contribution in [2.24, 2.45) is 4.99 Å². The van der Waals surface area contributed by atoms with Crippen LogP contribution in [0.3, 0.4) is 0 Å². The van der Waals surface area contributed by atoms with Crippen molar-refractivity contribution in [2.75, 3.05) is 0 Å². The molecule has 1 heteroatoms. The van der Waals surface area contributed by atoms with Crippen molar-refractivity contribution >= 4 is 17.5 Å². The molecule has 0 amide bonds. The highest BCUT2D eigenvalue weighted by molar-refractivity contribution is 5.99. The standard InChI is InChI=1S/C14H13N/c1-2-7-13-10-5-3-8-12-9-4-6-11-14(12)15-13/h2-6,8-11H,1,7H2. The van der Waals surface area contributed by atoms with Crippen LogP contribution in [0.5, 0.6) is 0 Å². The van der Waals surface area contributed by atoms with Gasteiger partial charge in [-0.1, -0.05) is 42.5 Å². The summed E-state index contributed by atoms with van der Waals surface area (Å²) in [5.74, 6) is 0. The van der Waals surface area contributed by atoms with Gasteiger partial charge in [-0.2, -0.15) is 0 Å².